The highest BCUT2D eigenvalue weighted by atomic mass is 19.1. The first-order valence-electron chi connectivity index (χ1n) is 8.64. The van der Waals surface area contributed by atoms with Crippen molar-refractivity contribution in [2.45, 2.75) is 6.42 Å². The molecule has 0 saturated carbocycles. The van der Waals surface area contributed by atoms with Gasteiger partial charge in [0.2, 0.25) is 5.91 Å². The van der Waals surface area contributed by atoms with Crippen molar-refractivity contribution in [3.8, 4) is 5.75 Å². The van der Waals surface area contributed by atoms with Crippen LogP contribution in [0.4, 0.5) is 4.39 Å². The van der Waals surface area contributed by atoms with Gasteiger partial charge >= 0.3 is 5.97 Å². The predicted molar refractivity (Wildman–Crippen MR) is 103 cm³/mol. The van der Waals surface area contributed by atoms with Crippen LogP contribution in [0.5, 0.6) is 5.75 Å². The number of hydrogen-bond donors (Lipinski definition) is 2. The molecule has 0 atom stereocenters. The van der Waals surface area contributed by atoms with Gasteiger partial charge in [-0.25, -0.2) is 14.6 Å². The number of benzene rings is 2. The molecule has 2 aromatic rings. The van der Waals surface area contributed by atoms with Crippen LogP contribution in [-0.2, 0) is 14.3 Å². The van der Waals surface area contributed by atoms with E-state index in [2.05, 4.69) is 20.6 Å². The van der Waals surface area contributed by atoms with Crippen LogP contribution < -0.4 is 15.5 Å². The average Bonchev–Trinajstić information content (AvgIpc) is 2.72. The molecule has 0 aromatic heterocycles. The largest absolute Gasteiger partial charge is 0.482 e. The van der Waals surface area contributed by atoms with Crippen LogP contribution in [0.3, 0.4) is 0 Å². The van der Waals surface area contributed by atoms with Crippen LogP contribution in [0, 0.1) is 5.82 Å². The molecule has 2 aromatic carbocycles. The Labute approximate surface area is 166 Å². The molecule has 2 N–H and O–H groups in total. The van der Waals surface area contributed by atoms with E-state index in [4.69, 9.17) is 4.74 Å². The maximum absolute atomic E-state index is 13.5. The molecule has 0 aliphatic heterocycles. The fourth-order valence-electron chi connectivity index (χ4n) is 2.15. The third-order valence-corrected chi connectivity index (χ3v) is 3.60. The number of ether oxygens (including phenoxy) is 2. The van der Waals surface area contributed by atoms with Gasteiger partial charge in [0.1, 0.15) is 11.6 Å². The number of carbonyl (C=O) groups excluding carboxylic acids is 3. The van der Waals surface area contributed by atoms with Crippen LogP contribution in [0.25, 0.3) is 0 Å². The molecule has 0 fully saturated rings. The zero-order chi connectivity index (χ0) is 21.1. The number of methoxy groups -OCH3 is 1. The number of nitrogens with zero attached hydrogens (tertiary/aromatic N) is 1. The zero-order valence-corrected chi connectivity index (χ0v) is 15.7. The third-order valence-electron chi connectivity index (χ3n) is 3.60. The number of halogens is 1. The Bertz CT molecular complexity index is 901. The van der Waals surface area contributed by atoms with E-state index in [0.717, 1.165) is 0 Å². The van der Waals surface area contributed by atoms with Crippen molar-refractivity contribution in [2.75, 3.05) is 20.3 Å². The summed E-state index contributed by atoms with van der Waals surface area (Å²) < 4.78 is 23.2. The molecule has 8 nitrogen and oxygen atoms in total. The maximum atomic E-state index is 13.5. The van der Waals surface area contributed by atoms with Crippen LogP contribution in [0.2, 0.25) is 0 Å². The first-order chi connectivity index (χ1) is 14.0. The maximum Gasteiger partial charge on any atom is 0.343 e. The van der Waals surface area contributed by atoms with Gasteiger partial charge in [-0.1, -0.05) is 24.3 Å². The standard InChI is InChI=1S/C20H20FN3O5/c1-28-19(26)13-29-15-6-4-5-14(11-15)12-23-24-18(25)9-10-22-20(27)16-7-2-3-8-17(16)21/h2-8,11-12H,9-10,13H2,1H3,(H,22,27)(H,24,25). The lowest BCUT2D eigenvalue weighted by Gasteiger charge is -2.06. The highest BCUT2D eigenvalue weighted by Crippen LogP contribution is 2.12. The van der Waals surface area contributed by atoms with E-state index in [1.807, 2.05) is 0 Å². The summed E-state index contributed by atoms with van der Waals surface area (Å²) in [5.41, 5.74) is 2.88. The zero-order valence-electron chi connectivity index (χ0n) is 15.7. The number of rotatable bonds is 9. The molecule has 0 unspecified atom stereocenters. The molecule has 0 radical (unpaired) electrons. The van der Waals surface area contributed by atoms with E-state index in [0.29, 0.717) is 11.3 Å². The number of carbonyl (C=O) groups is 3. The second-order valence-corrected chi connectivity index (χ2v) is 5.72. The molecule has 29 heavy (non-hydrogen) atoms. The van der Waals surface area contributed by atoms with Gasteiger partial charge in [0, 0.05) is 13.0 Å². The Morgan fingerprint density at radius 3 is 2.69 bits per heavy atom. The van der Waals surface area contributed by atoms with E-state index in [1.54, 1.807) is 30.3 Å². The van der Waals surface area contributed by atoms with Crippen molar-refractivity contribution in [1.82, 2.24) is 10.7 Å². The molecular formula is C20H20FN3O5. The summed E-state index contributed by atoms with van der Waals surface area (Å²) in [4.78, 5) is 34.7. The van der Waals surface area contributed by atoms with E-state index < -0.39 is 23.6 Å². The number of esters is 1. The summed E-state index contributed by atoms with van der Waals surface area (Å²) in [5, 5.41) is 6.29. The van der Waals surface area contributed by atoms with Crippen molar-refractivity contribution in [2.24, 2.45) is 5.10 Å². The number of amides is 2. The number of nitrogens with one attached hydrogen (secondary N) is 2. The van der Waals surface area contributed by atoms with Crippen LogP contribution in [0.1, 0.15) is 22.3 Å². The van der Waals surface area contributed by atoms with Crippen molar-refractivity contribution >= 4 is 24.0 Å². The van der Waals surface area contributed by atoms with Crippen molar-refractivity contribution in [3.63, 3.8) is 0 Å². The summed E-state index contributed by atoms with van der Waals surface area (Å²) in [6, 6.07) is 12.3. The molecule has 9 heteroatoms. The van der Waals surface area contributed by atoms with Gasteiger partial charge in [0.15, 0.2) is 6.61 Å². The summed E-state index contributed by atoms with van der Waals surface area (Å²) >= 11 is 0. The van der Waals surface area contributed by atoms with Crippen molar-refractivity contribution < 1.29 is 28.2 Å². The van der Waals surface area contributed by atoms with Crippen molar-refractivity contribution in [1.29, 1.82) is 0 Å². The molecular weight excluding hydrogens is 381 g/mol. The highest BCUT2D eigenvalue weighted by Gasteiger charge is 2.10. The Hall–Kier alpha value is -3.75. The lowest BCUT2D eigenvalue weighted by molar-refractivity contribution is -0.142. The molecule has 152 valence electrons. The molecule has 0 spiro atoms. The minimum absolute atomic E-state index is 0.0280. The summed E-state index contributed by atoms with van der Waals surface area (Å²) in [7, 11) is 1.27. The Morgan fingerprint density at radius 2 is 1.93 bits per heavy atom. The minimum atomic E-state index is -0.628. The fourth-order valence-corrected chi connectivity index (χ4v) is 2.15. The Balaban J connectivity index is 1.74. The normalized spacial score (nSPS) is 10.4. The predicted octanol–water partition coefficient (Wildman–Crippen LogP) is 1.65. The van der Waals surface area contributed by atoms with Crippen LogP contribution in [-0.4, -0.2) is 44.3 Å². The summed E-state index contributed by atoms with van der Waals surface area (Å²) in [6.07, 6.45) is 1.38. The Kier molecular flexibility index (Phi) is 8.30. The van der Waals surface area contributed by atoms with Crippen LogP contribution >= 0.6 is 0 Å². The number of hydrogen-bond acceptors (Lipinski definition) is 6. The fraction of sp³-hybridized carbons (Fsp3) is 0.200. The van der Waals surface area contributed by atoms with E-state index in [-0.39, 0.29) is 25.1 Å². The average molecular weight is 401 g/mol. The summed E-state index contributed by atoms with van der Waals surface area (Å²) in [6.45, 7) is -0.183. The van der Waals surface area contributed by atoms with E-state index >= 15 is 0 Å². The number of hydrazone groups is 1. The Morgan fingerprint density at radius 1 is 1.14 bits per heavy atom. The molecule has 2 amide bonds. The SMILES string of the molecule is COC(=O)COc1cccc(C=NNC(=O)CCNC(=O)c2ccccc2F)c1. The quantitative estimate of drug-likeness (QED) is 0.378. The lowest BCUT2D eigenvalue weighted by Crippen LogP contribution is -2.29. The third kappa shape index (κ3) is 7.41. The molecule has 0 heterocycles. The van der Waals surface area contributed by atoms with Gasteiger partial charge in [-0.15, -0.1) is 0 Å². The molecule has 2 rings (SSSR count). The highest BCUT2D eigenvalue weighted by molar-refractivity contribution is 5.94. The second-order valence-electron chi connectivity index (χ2n) is 5.72. The van der Waals surface area contributed by atoms with Crippen molar-refractivity contribution in [3.05, 3.63) is 65.5 Å². The smallest absolute Gasteiger partial charge is 0.343 e. The second kappa shape index (κ2) is 11.2. The van der Waals surface area contributed by atoms with Crippen LogP contribution in [0.15, 0.2) is 53.6 Å². The minimum Gasteiger partial charge on any atom is -0.482 e. The summed E-state index contributed by atoms with van der Waals surface area (Å²) in [5.74, 6) is -1.70. The molecule has 0 aliphatic rings. The van der Waals surface area contributed by atoms with E-state index in [9.17, 15) is 18.8 Å². The monoisotopic (exact) mass is 401 g/mol. The van der Waals surface area contributed by atoms with Gasteiger partial charge in [0.05, 0.1) is 18.9 Å². The van der Waals surface area contributed by atoms with Gasteiger partial charge in [-0.2, -0.15) is 5.10 Å². The molecule has 0 saturated heterocycles. The van der Waals surface area contributed by atoms with Gasteiger partial charge in [-0.3, -0.25) is 9.59 Å². The lowest BCUT2D eigenvalue weighted by atomic mass is 10.2. The van der Waals surface area contributed by atoms with Gasteiger partial charge in [0.25, 0.3) is 5.91 Å². The van der Waals surface area contributed by atoms with E-state index in [1.165, 1.54) is 31.5 Å². The van der Waals surface area contributed by atoms with Gasteiger partial charge < -0.3 is 14.8 Å². The molecule has 0 aliphatic carbocycles. The van der Waals surface area contributed by atoms with Gasteiger partial charge in [-0.05, 0) is 29.8 Å². The molecule has 0 bridgehead atoms. The first kappa shape index (κ1) is 21.5. The first-order valence-corrected chi connectivity index (χ1v) is 8.64. The topological polar surface area (TPSA) is 106 Å².